The number of aromatic carboxylic acids is 1. The third kappa shape index (κ3) is 10.2. The van der Waals surface area contributed by atoms with Crippen molar-refractivity contribution in [2.45, 2.75) is 47.7 Å². The number of hydrogen-bond donors (Lipinski definition) is 3. The molecule has 300 valence electrons. The van der Waals surface area contributed by atoms with E-state index in [1.807, 2.05) is 39.8 Å². The molecule has 4 heterocycles. The number of nitrogen functional groups attached to an aromatic ring is 1. The van der Waals surface area contributed by atoms with Crippen LogP contribution >= 0.6 is 11.6 Å². The minimum absolute atomic E-state index is 0.000997. The van der Waals surface area contributed by atoms with Crippen molar-refractivity contribution in [1.29, 1.82) is 10.5 Å². The summed E-state index contributed by atoms with van der Waals surface area (Å²) in [4.78, 5) is 80.1. The van der Waals surface area contributed by atoms with Crippen LogP contribution in [0.2, 0.25) is 0 Å². The summed E-state index contributed by atoms with van der Waals surface area (Å²) >= 11 is 5.40. The predicted molar refractivity (Wildman–Crippen MR) is 221 cm³/mol. The summed E-state index contributed by atoms with van der Waals surface area (Å²) in [5.74, 6) is -2.53. The second kappa shape index (κ2) is 19.4. The molecule has 6 aromatic rings. The molecule has 0 atom stereocenters. The van der Waals surface area contributed by atoms with Crippen molar-refractivity contribution in [3.05, 3.63) is 138 Å². The summed E-state index contributed by atoms with van der Waals surface area (Å²) in [6.07, 6.45) is 2.88. The highest BCUT2D eigenvalue weighted by atomic mass is 35.5. The third-order valence-corrected chi connectivity index (χ3v) is 8.77. The quantitative estimate of drug-likeness (QED) is 0.0911. The highest BCUT2D eigenvalue weighted by Crippen LogP contribution is 2.20. The lowest BCUT2D eigenvalue weighted by molar-refractivity contribution is 0.0526. The number of carbonyl (C=O) groups excluding carboxylic acids is 3. The maximum absolute atomic E-state index is 12.8. The zero-order chi connectivity index (χ0) is 43.6. The van der Waals surface area contributed by atoms with Gasteiger partial charge in [0.2, 0.25) is 10.9 Å². The molecule has 0 saturated heterocycles. The lowest BCUT2D eigenvalue weighted by Crippen LogP contribution is -2.25. The molecule has 16 nitrogen and oxygen atoms in total. The zero-order valence-electron chi connectivity index (χ0n) is 32.5. The van der Waals surface area contributed by atoms with Gasteiger partial charge in [-0.2, -0.15) is 10.5 Å². The Labute approximate surface area is 341 Å². The van der Waals surface area contributed by atoms with Crippen molar-refractivity contribution in [2.24, 2.45) is 0 Å². The number of esters is 1. The van der Waals surface area contributed by atoms with E-state index in [4.69, 9.17) is 32.6 Å². The number of benzene rings is 2. The second-order valence-corrected chi connectivity index (χ2v) is 12.8. The first kappa shape index (κ1) is 44.0. The van der Waals surface area contributed by atoms with Gasteiger partial charge < -0.3 is 30.0 Å². The molecular formula is C42H37ClN8O8. The van der Waals surface area contributed by atoms with Crippen LogP contribution in [0.1, 0.15) is 84.7 Å². The van der Waals surface area contributed by atoms with E-state index >= 15 is 0 Å². The van der Waals surface area contributed by atoms with E-state index < -0.39 is 28.5 Å². The molecule has 4 N–H and O–H groups in total. The van der Waals surface area contributed by atoms with E-state index in [2.05, 4.69) is 15.3 Å². The minimum Gasteiger partial charge on any atom is -0.478 e. The van der Waals surface area contributed by atoms with Crippen molar-refractivity contribution < 1.29 is 29.0 Å². The van der Waals surface area contributed by atoms with Gasteiger partial charge in [-0.25, -0.2) is 19.6 Å². The number of aryl methyl sites for hydroxylation is 4. The average Bonchev–Trinajstić information content (AvgIpc) is 3.21. The fourth-order valence-corrected chi connectivity index (χ4v) is 5.74. The van der Waals surface area contributed by atoms with Crippen LogP contribution < -0.4 is 21.9 Å². The number of fused-ring (bicyclic) bond motifs is 2. The van der Waals surface area contributed by atoms with Crippen LogP contribution in [-0.4, -0.2) is 53.9 Å². The van der Waals surface area contributed by atoms with Crippen LogP contribution in [0.3, 0.4) is 0 Å². The SMILES string of the molecule is CCOC(=O)c1cc(C#N)ccc1N.CCn1cc(C(=O)Cl)c(=O)c2ccc(C)nc21.CCn1cc(C(=O)Nc2ccc(C#N)cc2C(=O)O)c(=O)c2ccc(C)nc21. The molecule has 6 rings (SSSR count). The van der Waals surface area contributed by atoms with Gasteiger partial charge in [-0.15, -0.1) is 0 Å². The van der Waals surface area contributed by atoms with Crippen LogP contribution in [0.25, 0.3) is 22.1 Å². The number of nitriles is 2. The fraction of sp³-hybridized carbons (Fsp3) is 0.190. The maximum Gasteiger partial charge on any atom is 0.340 e. The number of carbonyl (C=O) groups is 4. The second-order valence-electron chi connectivity index (χ2n) is 12.5. The van der Waals surface area contributed by atoms with Crippen LogP contribution in [0, 0.1) is 36.5 Å². The predicted octanol–water partition coefficient (Wildman–Crippen LogP) is 5.97. The lowest BCUT2D eigenvalue weighted by atomic mass is 10.1. The molecule has 0 bridgehead atoms. The Morgan fingerprint density at radius 2 is 1.25 bits per heavy atom. The van der Waals surface area contributed by atoms with E-state index in [1.165, 1.54) is 36.7 Å². The molecule has 59 heavy (non-hydrogen) atoms. The molecule has 0 unspecified atom stereocenters. The Morgan fingerprint density at radius 3 is 1.73 bits per heavy atom. The molecule has 0 fully saturated rings. The average molecular weight is 817 g/mol. The van der Waals surface area contributed by atoms with Gasteiger partial charge in [0.25, 0.3) is 11.1 Å². The van der Waals surface area contributed by atoms with Crippen molar-refractivity contribution in [3.8, 4) is 12.1 Å². The largest absolute Gasteiger partial charge is 0.478 e. The number of carboxylic acids is 1. The summed E-state index contributed by atoms with van der Waals surface area (Å²) in [6, 6.07) is 18.9. The number of nitrogens with zero attached hydrogens (tertiary/aromatic N) is 6. The molecule has 0 aliphatic heterocycles. The molecule has 2 aromatic carbocycles. The molecule has 17 heteroatoms. The first-order valence-corrected chi connectivity index (χ1v) is 18.2. The monoisotopic (exact) mass is 816 g/mol. The Hall–Kier alpha value is -7.69. The molecular weight excluding hydrogens is 780 g/mol. The van der Waals surface area contributed by atoms with E-state index in [0.29, 0.717) is 46.4 Å². The topological polar surface area (TPSA) is 253 Å². The molecule has 0 aliphatic rings. The van der Waals surface area contributed by atoms with Gasteiger partial charge in [-0.1, -0.05) is 0 Å². The summed E-state index contributed by atoms with van der Waals surface area (Å²) < 4.78 is 8.22. The Balaban J connectivity index is 0.000000212. The van der Waals surface area contributed by atoms with E-state index in [9.17, 15) is 33.9 Å². The number of nitrogens with one attached hydrogen (secondary N) is 1. The Morgan fingerprint density at radius 1 is 0.763 bits per heavy atom. The van der Waals surface area contributed by atoms with Crippen LogP contribution in [0.5, 0.6) is 0 Å². The van der Waals surface area contributed by atoms with E-state index in [-0.39, 0.29) is 45.5 Å². The molecule has 0 radical (unpaired) electrons. The third-order valence-electron chi connectivity index (χ3n) is 8.56. The van der Waals surface area contributed by atoms with Gasteiger partial charge in [0, 0.05) is 42.6 Å². The molecule has 0 spiro atoms. The van der Waals surface area contributed by atoms with Gasteiger partial charge in [-0.05, 0) is 107 Å². The van der Waals surface area contributed by atoms with Crippen molar-refractivity contribution >= 4 is 68.1 Å². The number of rotatable bonds is 8. The highest BCUT2D eigenvalue weighted by Gasteiger charge is 2.20. The van der Waals surface area contributed by atoms with E-state index in [0.717, 1.165) is 17.5 Å². The van der Waals surface area contributed by atoms with Crippen molar-refractivity contribution in [1.82, 2.24) is 19.1 Å². The molecule has 0 saturated carbocycles. The molecule has 0 aliphatic carbocycles. The van der Waals surface area contributed by atoms with Gasteiger partial charge in [0.1, 0.15) is 16.9 Å². The summed E-state index contributed by atoms with van der Waals surface area (Å²) in [5, 5.41) is 29.3. The number of ether oxygens (including phenoxy) is 1. The number of halogens is 1. The number of pyridine rings is 4. The number of nitrogens with two attached hydrogens (primary N) is 1. The van der Waals surface area contributed by atoms with Crippen LogP contribution in [0.15, 0.2) is 82.6 Å². The minimum atomic E-state index is -1.29. The van der Waals surface area contributed by atoms with E-state index in [1.54, 1.807) is 46.4 Å². The fourth-order valence-electron chi connectivity index (χ4n) is 5.60. The van der Waals surface area contributed by atoms with Crippen molar-refractivity contribution in [2.75, 3.05) is 17.7 Å². The first-order valence-electron chi connectivity index (χ1n) is 17.9. The smallest absolute Gasteiger partial charge is 0.340 e. The van der Waals surface area contributed by atoms with Gasteiger partial charge in [-0.3, -0.25) is 19.2 Å². The number of hydrogen-bond acceptors (Lipinski definition) is 12. The Bertz CT molecular complexity index is 2850. The molecule has 1 amide bonds. The number of amides is 1. The maximum atomic E-state index is 12.8. The normalized spacial score (nSPS) is 10.2. The summed E-state index contributed by atoms with van der Waals surface area (Å²) in [6.45, 7) is 10.5. The number of aromatic nitrogens is 4. The zero-order valence-corrected chi connectivity index (χ0v) is 33.2. The number of anilines is 2. The first-order chi connectivity index (χ1) is 28.1. The van der Waals surface area contributed by atoms with Gasteiger partial charge in [0.05, 0.1) is 63.0 Å². The standard InChI is InChI=1S/C20H16N4O4.C12H11ClN2O2.C10H10N2O2/c1-3-24-10-15(17(25)13-6-4-11(2)22-18(13)24)19(26)23-16-7-5-12(9-21)8-14(16)20(27)28;1-3-15-6-9(11(13)17)10(16)8-5-4-7(2)14-12(8)15;1-2-14-10(13)8-5-7(6-11)3-4-9(8)12/h4-8,10H,3H2,1-2H3,(H,23,26)(H,27,28);4-6H,3H2,1-2H3;3-5H,2,12H2,1H3. The van der Waals surface area contributed by atoms with Crippen molar-refractivity contribution in [3.63, 3.8) is 0 Å². The van der Waals surface area contributed by atoms with Crippen LogP contribution in [-0.2, 0) is 17.8 Å². The molecule has 4 aromatic heterocycles. The van der Waals surface area contributed by atoms with Gasteiger partial charge in [0.15, 0.2) is 0 Å². The van der Waals surface area contributed by atoms with Gasteiger partial charge >= 0.3 is 11.9 Å². The number of carboxylic acid groups (broad SMARTS) is 1. The summed E-state index contributed by atoms with van der Waals surface area (Å²) in [5.41, 5.74) is 8.08. The lowest BCUT2D eigenvalue weighted by Gasteiger charge is -2.12. The Kier molecular flexibility index (Phi) is 14.5. The summed E-state index contributed by atoms with van der Waals surface area (Å²) in [7, 11) is 0. The highest BCUT2D eigenvalue weighted by molar-refractivity contribution is 6.67. The van der Waals surface area contributed by atoms with Crippen LogP contribution in [0.4, 0.5) is 11.4 Å².